The van der Waals surface area contributed by atoms with E-state index in [0.717, 1.165) is 5.69 Å². The van der Waals surface area contributed by atoms with Crippen LogP contribution in [-0.2, 0) is 9.59 Å². The summed E-state index contributed by atoms with van der Waals surface area (Å²) in [5.74, 6) is -0.00721. The molecule has 25 heavy (non-hydrogen) atoms. The van der Waals surface area contributed by atoms with E-state index >= 15 is 0 Å². The second-order valence-corrected chi connectivity index (χ2v) is 7.21. The second-order valence-electron chi connectivity index (χ2n) is 5.01. The highest BCUT2D eigenvalue weighted by molar-refractivity contribution is 8.01. The van der Waals surface area contributed by atoms with Gasteiger partial charge in [-0.05, 0) is 26.0 Å². The lowest BCUT2D eigenvalue weighted by molar-refractivity contribution is -0.133. The summed E-state index contributed by atoms with van der Waals surface area (Å²) >= 11 is 2.72. The van der Waals surface area contributed by atoms with Gasteiger partial charge in [0.25, 0.3) is 0 Å². The zero-order valence-electron chi connectivity index (χ0n) is 14.2. The zero-order chi connectivity index (χ0) is 18.1. The molecule has 1 heterocycles. The van der Waals surface area contributed by atoms with Gasteiger partial charge in [0.05, 0.1) is 12.3 Å². The van der Waals surface area contributed by atoms with E-state index in [2.05, 4.69) is 20.8 Å². The van der Waals surface area contributed by atoms with Crippen LogP contribution >= 0.6 is 23.1 Å². The van der Waals surface area contributed by atoms with Crippen LogP contribution in [0.25, 0.3) is 0 Å². The molecule has 2 N–H and O–H groups in total. The molecule has 0 unspecified atom stereocenters. The quantitative estimate of drug-likeness (QED) is 0.651. The number of hydrogen-bond donors (Lipinski definition) is 2. The minimum atomic E-state index is -0.145. The third-order valence-electron chi connectivity index (χ3n) is 3.19. The third kappa shape index (κ3) is 6.35. The number of hydrogen-bond acceptors (Lipinski definition) is 7. The Bertz CT molecular complexity index is 693. The fraction of sp³-hybridized carbons (Fsp3) is 0.375. The highest BCUT2D eigenvalue weighted by atomic mass is 32.2. The van der Waals surface area contributed by atoms with Gasteiger partial charge in [-0.2, -0.15) is 0 Å². The van der Waals surface area contributed by atoms with Crippen LogP contribution in [0.5, 0.6) is 0 Å². The van der Waals surface area contributed by atoms with Gasteiger partial charge >= 0.3 is 0 Å². The number of anilines is 2. The second kappa shape index (κ2) is 10.00. The maximum absolute atomic E-state index is 12.3. The number of nitrogens with one attached hydrogen (secondary N) is 2. The van der Waals surface area contributed by atoms with Gasteiger partial charge in [0.2, 0.25) is 16.9 Å². The minimum absolute atomic E-state index is 0.0840. The van der Waals surface area contributed by atoms with Gasteiger partial charge in [-0.3, -0.25) is 9.59 Å². The number of para-hydroxylation sites is 1. The molecule has 0 fully saturated rings. The molecule has 0 aliphatic heterocycles. The number of thioether (sulfide) groups is 1. The zero-order valence-corrected chi connectivity index (χ0v) is 15.8. The fourth-order valence-electron chi connectivity index (χ4n) is 1.98. The molecule has 0 aliphatic rings. The molecule has 0 saturated heterocycles. The van der Waals surface area contributed by atoms with Gasteiger partial charge in [0.1, 0.15) is 0 Å². The molecule has 0 spiro atoms. The average Bonchev–Trinajstić information content (AvgIpc) is 3.06. The first-order chi connectivity index (χ1) is 12.1. The largest absolute Gasteiger partial charge is 0.355 e. The minimum Gasteiger partial charge on any atom is -0.355 e. The number of aromatic nitrogens is 2. The maximum atomic E-state index is 12.3. The molecule has 2 rings (SSSR count). The average molecular weight is 380 g/mol. The lowest BCUT2D eigenvalue weighted by Crippen LogP contribution is -2.41. The number of nitrogens with zero attached hydrogens (tertiary/aromatic N) is 3. The van der Waals surface area contributed by atoms with Crippen LogP contribution in [0.15, 0.2) is 34.7 Å². The van der Waals surface area contributed by atoms with E-state index in [-0.39, 0.29) is 24.1 Å². The van der Waals surface area contributed by atoms with E-state index in [1.807, 2.05) is 44.2 Å². The molecule has 7 nitrogen and oxygen atoms in total. The van der Waals surface area contributed by atoms with E-state index < -0.39 is 0 Å². The van der Waals surface area contributed by atoms with Gasteiger partial charge in [0.15, 0.2) is 4.34 Å². The molecular weight excluding hydrogens is 358 g/mol. The maximum Gasteiger partial charge on any atom is 0.239 e. The van der Waals surface area contributed by atoms with Crippen molar-refractivity contribution in [3.8, 4) is 0 Å². The summed E-state index contributed by atoms with van der Waals surface area (Å²) in [7, 11) is 0. The van der Waals surface area contributed by atoms with Gasteiger partial charge in [0, 0.05) is 18.8 Å². The molecule has 2 aromatic rings. The van der Waals surface area contributed by atoms with Crippen LogP contribution in [0, 0.1) is 0 Å². The van der Waals surface area contributed by atoms with Crippen molar-refractivity contribution in [3.63, 3.8) is 0 Å². The molecule has 9 heteroatoms. The molecule has 0 atom stereocenters. The standard InChI is InChI=1S/C16H21N5O2S2/c1-3-17-13(22)10-21(4-2)14(23)11-24-16-20-19-15(25-16)18-12-8-6-5-7-9-12/h5-9H,3-4,10-11H2,1-2H3,(H,17,22)(H,18,19). The van der Waals surface area contributed by atoms with Crippen LogP contribution in [0.3, 0.4) is 0 Å². The molecule has 1 aromatic heterocycles. The van der Waals surface area contributed by atoms with Crippen LogP contribution in [0.4, 0.5) is 10.8 Å². The smallest absolute Gasteiger partial charge is 0.239 e. The van der Waals surface area contributed by atoms with Crippen molar-refractivity contribution in [3.05, 3.63) is 30.3 Å². The Morgan fingerprint density at radius 1 is 1.20 bits per heavy atom. The molecule has 0 radical (unpaired) electrons. The summed E-state index contributed by atoms with van der Waals surface area (Å²) in [5.41, 5.74) is 0.936. The lowest BCUT2D eigenvalue weighted by Gasteiger charge is -2.19. The summed E-state index contributed by atoms with van der Waals surface area (Å²) in [5, 5.41) is 14.7. The van der Waals surface area contributed by atoms with Gasteiger partial charge in [-0.15, -0.1) is 10.2 Å². The topological polar surface area (TPSA) is 87.2 Å². The monoisotopic (exact) mass is 379 g/mol. The van der Waals surface area contributed by atoms with Crippen molar-refractivity contribution < 1.29 is 9.59 Å². The molecule has 134 valence electrons. The van der Waals surface area contributed by atoms with Crippen molar-refractivity contribution >= 4 is 45.7 Å². The van der Waals surface area contributed by atoms with Crippen molar-refractivity contribution in [2.24, 2.45) is 0 Å². The predicted molar refractivity (Wildman–Crippen MR) is 101 cm³/mol. The van der Waals surface area contributed by atoms with Crippen LogP contribution in [0.2, 0.25) is 0 Å². The summed E-state index contributed by atoms with van der Waals surface area (Å²) in [6, 6.07) is 9.70. The Morgan fingerprint density at radius 2 is 1.96 bits per heavy atom. The number of carbonyl (C=O) groups excluding carboxylic acids is 2. The van der Waals surface area contributed by atoms with Crippen molar-refractivity contribution in [2.45, 2.75) is 18.2 Å². The summed E-state index contributed by atoms with van der Waals surface area (Å²) in [4.78, 5) is 25.4. The van der Waals surface area contributed by atoms with E-state index in [1.165, 1.54) is 28.0 Å². The Hall–Kier alpha value is -2.13. The summed E-state index contributed by atoms with van der Waals surface area (Å²) < 4.78 is 0.709. The van der Waals surface area contributed by atoms with Gasteiger partial charge in [-0.25, -0.2) is 0 Å². The summed E-state index contributed by atoms with van der Waals surface area (Å²) in [6.45, 7) is 4.84. The summed E-state index contributed by atoms with van der Waals surface area (Å²) in [6.07, 6.45) is 0. The number of carbonyl (C=O) groups is 2. The van der Waals surface area contributed by atoms with Crippen LogP contribution < -0.4 is 10.6 Å². The number of likely N-dealkylation sites (N-methyl/N-ethyl adjacent to an activating group) is 2. The Kier molecular flexibility index (Phi) is 7.68. The lowest BCUT2D eigenvalue weighted by atomic mass is 10.3. The Morgan fingerprint density at radius 3 is 2.64 bits per heavy atom. The molecule has 0 bridgehead atoms. The fourth-order valence-corrected chi connectivity index (χ4v) is 3.66. The first-order valence-corrected chi connectivity index (χ1v) is 9.75. The SMILES string of the molecule is CCNC(=O)CN(CC)C(=O)CSc1nnc(Nc2ccccc2)s1. The number of amides is 2. The first kappa shape index (κ1) is 19.2. The highest BCUT2D eigenvalue weighted by Gasteiger charge is 2.16. The molecule has 0 saturated carbocycles. The predicted octanol–water partition coefficient (Wildman–Crippen LogP) is 2.36. The van der Waals surface area contributed by atoms with E-state index in [0.29, 0.717) is 22.6 Å². The van der Waals surface area contributed by atoms with Crippen molar-refractivity contribution in [1.82, 2.24) is 20.4 Å². The van der Waals surface area contributed by atoms with E-state index in [1.54, 1.807) is 0 Å². The number of rotatable bonds is 9. The molecule has 2 amide bonds. The molecule has 0 aliphatic carbocycles. The van der Waals surface area contributed by atoms with E-state index in [4.69, 9.17) is 0 Å². The number of benzene rings is 1. The Balaban J connectivity index is 1.84. The molecular formula is C16H21N5O2S2. The van der Waals surface area contributed by atoms with Crippen molar-refractivity contribution in [1.29, 1.82) is 0 Å². The van der Waals surface area contributed by atoms with E-state index in [9.17, 15) is 9.59 Å². The Labute approximate surface area is 155 Å². The van der Waals surface area contributed by atoms with Gasteiger partial charge < -0.3 is 15.5 Å². The van der Waals surface area contributed by atoms with Gasteiger partial charge in [-0.1, -0.05) is 41.3 Å². The molecule has 1 aromatic carbocycles. The van der Waals surface area contributed by atoms with Crippen LogP contribution in [-0.4, -0.2) is 52.3 Å². The first-order valence-electron chi connectivity index (χ1n) is 7.95. The van der Waals surface area contributed by atoms with Crippen LogP contribution in [0.1, 0.15) is 13.8 Å². The highest BCUT2D eigenvalue weighted by Crippen LogP contribution is 2.27. The van der Waals surface area contributed by atoms with Crippen molar-refractivity contribution in [2.75, 3.05) is 30.7 Å². The normalized spacial score (nSPS) is 10.3. The third-order valence-corrected chi connectivity index (χ3v) is 5.15.